The van der Waals surface area contributed by atoms with Gasteiger partial charge in [-0.05, 0) is 28.1 Å². The third kappa shape index (κ3) is 3.04. The fourth-order valence-corrected chi connectivity index (χ4v) is 3.25. The van der Waals surface area contributed by atoms with Gasteiger partial charge in [-0.2, -0.15) is 0 Å². The second-order valence-corrected chi connectivity index (χ2v) is 5.58. The van der Waals surface area contributed by atoms with Crippen LogP contribution >= 0.6 is 15.9 Å². The molecular weight excluding hydrogens is 284 g/mol. The minimum atomic E-state index is -3.62. The van der Waals surface area contributed by atoms with Gasteiger partial charge < -0.3 is 4.74 Å². The summed E-state index contributed by atoms with van der Waals surface area (Å²) in [6.45, 7) is 0. The van der Waals surface area contributed by atoms with Crippen LogP contribution in [0.5, 0.6) is 0 Å². The van der Waals surface area contributed by atoms with Crippen molar-refractivity contribution in [2.24, 2.45) is 0 Å². The van der Waals surface area contributed by atoms with Crippen molar-refractivity contribution in [2.45, 2.75) is 4.90 Å². The number of benzene rings is 1. The maximum absolute atomic E-state index is 11.7. The second-order valence-electron chi connectivity index (χ2n) is 2.77. The van der Waals surface area contributed by atoms with Crippen LogP contribution in [0.4, 0.5) is 0 Å². The average Bonchev–Trinajstić information content (AvgIpc) is 2.17. The average molecular weight is 293 g/mol. The first-order valence-corrected chi connectivity index (χ1v) is 6.46. The van der Waals surface area contributed by atoms with Crippen LogP contribution in [0, 0.1) is 0 Å². The molecule has 0 aromatic heterocycles. The first-order chi connectivity index (χ1) is 6.97. The maximum atomic E-state index is 11.7. The number of ether oxygens (including phenoxy) is 1. The lowest BCUT2D eigenvalue weighted by Gasteiger charge is -2.04. The van der Waals surface area contributed by atoms with Crippen LogP contribution in [-0.2, 0) is 19.4 Å². The molecule has 0 radical (unpaired) electrons. The number of hydrogen-bond acceptors (Lipinski definition) is 4. The van der Waals surface area contributed by atoms with Crippen molar-refractivity contribution in [3.8, 4) is 0 Å². The van der Waals surface area contributed by atoms with E-state index in [0.717, 1.165) is 7.11 Å². The molecule has 0 aliphatic carbocycles. The quantitative estimate of drug-likeness (QED) is 0.790. The van der Waals surface area contributed by atoms with Crippen LogP contribution in [0.15, 0.2) is 33.6 Å². The predicted molar refractivity (Wildman–Crippen MR) is 58.2 cm³/mol. The Morgan fingerprint density at radius 2 is 2.00 bits per heavy atom. The largest absolute Gasteiger partial charge is 0.468 e. The topological polar surface area (TPSA) is 60.4 Å². The Bertz CT molecular complexity index is 467. The van der Waals surface area contributed by atoms with Gasteiger partial charge in [-0.15, -0.1) is 0 Å². The second kappa shape index (κ2) is 4.76. The van der Waals surface area contributed by atoms with Crippen molar-refractivity contribution < 1.29 is 17.9 Å². The molecule has 1 rings (SSSR count). The van der Waals surface area contributed by atoms with Crippen LogP contribution in [0.2, 0.25) is 0 Å². The zero-order valence-electron chi connectivity index (χ0n) is 7.94. The Hall–Kier alpha value is -0.880. The van der Waals surface area contributed by atoms with E-state index in [9.17, 15) is 13.2 Å². The molecule has 15 heavy (non-hydrogen) atoms. The zero-order valence-corrected chi connectivity index (χ0v) is 10.3. The van der Waals surface area contributed by atoms with Gasteiger partial charge in [0.25, 0.3) is 0 Å². The van der Waals surface area contributed by atoms with Gasteiger partial charge in [-0.1, -0.05) is 12.1 Å². The molecule has 0 fully saturated rings. The first-order valence-electron chi connectivity index (χ1n) is 4.01. The SMILES string of the molecule is COC(=O)CS(=O)(=O)c1ccccc1Br. The molecule has 0 aliphatic heterocycles. The lowest BCUT2D eigenvalue weighted by atomic mass is 10.4. The Kier molecular flexibility index (Phi) is 3.87. The van der Waals surface area contributed by atoms with Gasteiger partial charge in [0.2, 0.25) is 0 Å². The third-order valence-electron chi connectivity index (χ3n) is 1.71. The summed E-state index contributed by atoms with van der Waals surface area (Å²) in [7, 11) is -2.47. The Morgan fingerprint density at radius 1 is 1.40 bits per heavy atom. The van der Waals surface area contributed by atoms with Gasteiger partial charge in [0.1, 0.15) is 0 Å². The number of carbonyl (C=O) groups is 1. The van der Waals surface area contributed by atoms with E-state index >= 15 is 0 Å². The van der Waals surface area contributed by atoms with Gasteiger partial charge in [0.05, 0.1) is 12.0 Å². The minimum Gasteiger partial charge on any atom is -0.468 e. The predicted octanol–water partition coefficient (Wildman–Crippen LogP) is 1.40. The Labute approximate surface area is 96.3 Å². The Morgan fingerprint density at radius 3 is 2.53 bits per heavy atom. The summed E-state index contributed by atoms with van der Waals surface area (Å²) < 4.78 is 28.1. The molecule has 0 amide bonds. The zero-order chi connectivity index (χ0) is 11.5. The van der Waals surface area contributed by atoms with E-state index in [0.29, 0.717) is 4.47 Å². The molecule has 0 aliphatic rings. The van der Waals surface area contributed by atoms with Crippen molar-refractivity contribution in [3.05, 3.63) is 28.7 Å². The monoisotopic (exact) mass is 292 g/mol. The lowest BCUT2D eigenvalue weighted by Crippen LogP contribution is -2.17. The molecule has 4 nitrogen and oxygen atoms in total. The maximum Gasteiger partial charge on any atom is 0.321 e. The highest BCUT2D eigenvalue weighted by Gasteiger charge is 2.21. The van der Waals surface area contributed by atoms with E-state index in [2.05, 4.69) is 20.7 Å². The van der Waals surface area contributed by atoms with Crippen molar-refractivity contribution in [2.75, 3.05) is 12.9 Å². The van der Waals surface area contributed by atoms with Gasteiger partial charge in [-0.3, -0.25) is 4.79 Å². The van der Waals surface area contributed by atoms with E-state index in [1.165, 1.54) is 6.07 Å². The summed E-state index contributed by atoms with van der Waals surface area (Å²) in [5.41, 5.74) is 0. The van der Waals surface area contributed by atoms with E-state index in [1.54, 1.807) is 18.2 Å². The Balaban J connectivity index is 3.07. The number of methoxy groups -OCH3 is 1. The molecule has 0 spiro atoms. The number of carbonyl (C=O) groups excluding carboxylic acids is 1. The summed E-state index contributed by atoms with van der Waals surface area (Å²) in [5, 5.41) is 0. The summed E-state index contributed by atoms with van der Waals surface area (Å²) in [5.74, 6) is -1.42. The highest BCUT2D eigenvalue weighted by atomic mass is 79.9. The molecule has 0 saturated heterocycles. The molecular formula is C9H9BrO4S. The van der Waals surface area contributed by atoms with Crippen LogP contribution in [0.3, 0.4) is 0 Å². The molecule has 0 N–H and O–H groups in total. The first kappa shape index (κ1) is 12.2. The van der Waals surface area contributed by atoms with Crippen LogP contribution in [0.1, 0.15) is 0 Å². The van der Waals surface area contributed by atoms with Crippen LogP contribution in [-0.4, -0.2) is 27.2 Å². The van der Waals surface area contributed by atoms with Gasteiger partial charge in [0, 0.05) is 4.47 Å². The summed E-state index contributed by atoms with van der Waals surface area (Å²) in [4.78, 5) is 11.0. The number of sulfone groups is 1. The molecule has 6 heteroatoms. The molecule has 0 saturated carbocycles. The molecule has 0 atom stereocenters. The van der Waals surface area contributed by atoms with E-state index in [4.69, 9.17) is 0 Å². The number of hydrogen-bond donors (Lipinski definition) is 0. The summed E-state index contributed by atoms with van der Waals surface area (Å²) in [6, 6.07) is 6.32. The fourth-order valence-electron chi connectivity index (χ4n) is 0.989. The van der Waals surface area contributed by atoms with Crippen molar-refractivity contribution in [3.63, 3.8) is 0 Å². The third-order valence-corrected chi connectivity index (χ3v) is 4.30. The highest BCUT2D eigenvalue weighted by Crippen LogP contribution is 2.22. The van der Waals surface area contributed by atoms with Gasteiger partial charge >= 0.3 is 5.97 Å². The molecule has 0 bridgehead atoms. The van der Waals surface area contributed by atoms with Crippen molar-refractivity contribution >= 4 is 31.7 Å². The number of esters is 1. The van der Waals surface area contributed by atoms with Crippen LogP contribution in [0.25, 0.3) is 0 Å². The van der Waals surface area contributed by atoms with Gasteiger partial charge in [-0.25, -0.2) is 8.42 Å². The number of halogens is 1. The fraction of sp³-hybridized carbons (Fsp3) is 0.222. The van der Waals surface area contributed by atoms with Gasteiger partial charge in [0.15, 0.2) is 15.6 Å². The highest BCUT2D eigenvalue weighted by molar-refractivity contribution is 9.10. The normalized spacial score (nSPS) is 11.1. The summed E-state index contributed by atoms with van der Waals surface area (Å²) >= 11 is 3.11. The molecule has 0 heterocycles. The van der Waals surface area contributed by atoms with Crippen molar-refractivity contribution in [1.29, 1.82) is 0 Å². The van der Waals surface area contributed by atoms with E-state index in [1.807, 2.05) is 0 Å². The van der Waals surface area contributed by atoms with Crippen molar-refractivity contribution in [1.82, 2.24) is 0 Å². The summed E-state index contributed by atoms with van der Waals surface area (Å²) in [6.07, 6.45) is 0. The standard InChI is InChI=1S/C9H9BrO4S/c1-14-9(11)6-15(12,13)8-5-3-2-4-7(8)10/h2-5H,6H2,1H3. The molecule has 1 aromatic carbocycles. The van der Waals surface area contributed by atoms with E-state index < -0.39 is 21.6 Å². The smallest absolute Gasteiger partial charge is 0.321 e. The molecule has 1 aromatic rings. The number of rotatable bonds is 3. The molecule has 0 unspecified atom stereocenters. The minimum absolute atomic E-state index is 0.0930. The van der Waals surface area contributed by atoms with E-state index in [-0.39, 0.29) is 4.90 Å². The van der Waals surface area contributed by atoms with Crippen LogP contribution < -0.4 is 0 Å². The molecule has 82 valence electrons. The lowest BCUT2D eigenvalue weighted by molar-refractivity contribution is -0.137.